The lowest BCUT2D eigenvalue weighted by molar-refractivity contribution is 0.0911. The molecule has 0 aromatic heterocycles. The van der Waals surface area contributed by atoms with Gasteiger partial charge in [0.15, 0.2) is 5.78 Å². The molecule has 1 aromatic rings. The third-order valence-corrected chi connectivity index (χ3v) is 3.02. The third kappa shape index (κ3) is 5.69. The predicted molar refractivity (Wildman–Crippen MR) is 84.8 cm³/mol. The van der Waals surface area contributed by atoms with Crippen molar-refractivity contribution in [1.29, 1.82) is 0 Å². The van der Waals surface area contributed by atoms with Crippen molar-refractivity contribution in [2.45, 2.75) is 39.3 Å². The monoisotopic (exact) mass is 291 g/mol. The minimum absolute atomic E-state index is 0.0111. The van der Waals surface area contributed by atoms with Gasteiger partial charge < -0.3 is 15.2 Å². The van der Waals surface area contributed by atoms with E-state index in [1.165, 1.54) is 0 Å². The molecule has 0 radical (unpaired) electrons. The lowest BCUT2D eigenvalue weighted by Gasteiger charge is -2.27. The molecule has 0 aliphatic carbocycles. The summed E-state index contributed by atoms with van der Waals surface area (Å²) < 4.78 is 5.50. The first kappa shape index (κ1) is 17.4. The highest BCUT2D eigenvalue weighted by atomic mass is 16.5. The van der Waals surface area contributed by atoms with Crippen LogP contribution in [0, 0.1) is 0 Å². The second kappa shape index (κ2) is 7.38. The summed E-state index contributed by atoms with van der Waals surface area (Å²) in [5, 5.41) is 12.4. The van der Waals surface area contributed by atoms with Crippen molar-refractivity contribution in [2.24, 2.45) is 0 Å². The van der Waals surface area contributed by atoms with Crippen LogP contribution < -0.4 is 10.1 Å². The van der Waals surface area contributed by atoms with Gasteiger partial charge in [0, 0.05) is 11.1 Å². The maximum atomic E-state index is 12.3. The fourth-order valence-corrected chi connectivity index (χ4v) is 1.87. The van der Waals surface area contributed by atoms with Gasteiger partial charge in [-0.05, 0) is 57.5 Å². The van der Waals surface area contributed by atoms with Crippen LogP contribution in [-0.2, 0) is 0 Å². The predicted octanol–water partition coefficient (Wildman–Crippen LogP) is 2.57. The Bertz CT molecular complexity index is 491. The summed E-state index contributed by atoms with van der Waals surface area (Å²) in [4.78, 5) is 12.3. The molecule has 4 nitrogen and oxygen atoms in total. The zero-order chi connectivity index (χ0) is 16.0. The number of hydrogen-bond acceptors (Lipinski definition) is 4. The Balaban J connectivity index is 2.68. The topological polar surface area (TPSA) is 58.6 Å². The van der Waals surface area contributed by atoms with Crippen molar-refractivity contribution in [3.05, 3.63) is 42.0 Å². The summed E-state index contributed by atoms with van der Waals surface area (Å²) in [7, 11) is 0. The van der Waals surface area contributed by atoms with Gasteiger partial charge in [-0.1, -0.05) is 6.58 Å². The van der Waals surface area contributed by atoms with Crippen LogP contribution in [0.4, 0.5) is 0 Å². The first-order chi connectivity index (χ1) is 9.75. The molecule has 0 amide bonds. The van der Waals surface area contributed by atoms with Gasteiger partial charge in [-0.3, -0.25) is 4.79 Å². The Morgan fingerprint density at radius 2 is 1.95 bits per heavy atom. The summed E-state index contributed by atoms with van der Waals surface area (Å²) >= 11 is 0. The highest BCUT2D eigenvalue weighted by Crippen LogP contribution is 2.15. The zero-order valence-electron chi connectivity index (χ0n) is 13.3. The van der Waals surface area contributed by atoms with E-state index in [2.05, 4.69) is 11.9 Å². The van der Waals surface area contributed by atoms with Gasteiger partial charge in [-0.15, -0.1) is 0 Å². The maximum Gasteiger partial charge on any atom is 0.179 e. The van der Waals surface area contributed by atoms with E-state index in [0.717, 1.165) is 5.57 Å². The molecule has 116 valence electrons. The molecule has 1 unspecified atom stereocenters. The molecule has 0 spiro atoms. The fraction of sp³-hybridized carbons (Fsp3) is 0.471. The second-order valence-corrected chi connectivity index (χ2v) is 6.04. The standard InChI is InChI=1S/C17H25NO3/c1-12(2)10-21-15-8-6-14(7-9-15)16(20)13(3)18-17(4,5)11-19/h6-9,13,18-19H,1,10-11H2,2-5H3. The van der Waals surface area contributed by atoms with Gasteiger partial charge in [0.2, 0.25) is 0 Å². The van der Waals surface area contributed by atoms with Gasteiger partial charge >= 0.3 is 0 Å². The Morgan fingerprint density at radius 3 is 2.43 bits per heavy atom. The van der Waals surface area contributed by atoms with E-state index in [4.69, 9.17) is 4.74 Å². The molecule has 0 saturated carbocycles. The van der Waals surface area contributed by atoms with E-state index in [9.17, 15) is 9.90 Å². The van der Waals surface area contributed by atoms with Crippen LogP contribution in [0.3, 0.4) is 0 Å². The van der Waals surface area contributed by atoms with Crippen LogP contribution in [0.25, 0.3) is 0 Å². The molecule has 2 N–H and O–H groups in total. The van der Waals surface area contributed by atoms with Crippen LogP contribution >= 0.6 is 0 Å². The van der Waals surface area contributed by atoms with Gasteiger partial charge in [-0.25, -0.2) is 0 Å². The van der Waals surface area contributed by atoms with Crippen LogP contribution in [0.15, 0.2) is 36.4 Å². The zero-order valence-corrected chi connectivity index (χ0v) is 13.3. The number of ketones is 1. The van der Waals surface area contributed by atoms with Crippen molar-refractivity contribution < 1.29 is 14.6 Å². The molecule has 1 aromatic carbocycles. The third-order valence-electron chi connectivity index (χ3n) is 3.02. The van der Waals surface area contributed by atoms with Crippen LogP contribution in [0.2, 0.25) is 0 Å². The maximum absolute atomic E-state index is 12.3. The molecule has 1 rings (SSSR count). The minimum Gasteiger partial charge on any atom is -0.489 e. The number of aliphatic hydroxyl groups is 1. The number of aliphatic hydroxyl groups excluding tert-OH is 1. The summed E-state index contributed by atoms with van der Waals surface area (Å²) in [5.41, 5.74) is 1.07. The Labute approximate surface area is 126 Å². The quantitative estimate of drug-likeness (QED) is 0.571. The number of Topliss-reactive ketones (excluding diaryl/α,β-unsaturated/α-hetero) is 1. The molecular weight excluding hydrogens is 266 g/mol. The van der Waals surface area contributed by atoms with E-state index in [1.54, 1.807) is 31.2 Å². The number of nitrogens with one attached hydrogen (secondary N) is 1. The number of hydrogen-bond donors (Lipinski definition) is 2. The molecule has 0 bridgehead atoms. The molecule has 0 saturated heterocycles. The summed E-state index contributed by atoms with van der Waals surface area (Å²) in [6.45, 7) is 11.6. The molecule has 0 aliphatic heterocycles. The number of ether oxygens (including phenoxy) is 1. The summed E-state index contributed by atoms with van der Waals surface area (Å²) in [6, 6.07) is 6.69. The van der Waals surface area contributed by atoms with Crippen molar-refractivity contribution in [3.63, 3.8) is 0 Å². The normalized spacial score (nSPS) is 12.8. The van der Waals surface area contributed by atoms with Gasteiger partial charge in [-0.2, -0.15) is 0 Å². The lowest BCUT2D eigenvalue weighted by atomic mass is 10.0. The first-order valence-corrected chi connectivity index (χ1v) is 7.05. The molecule has 0 aliphatic rings. The smallest absolute Gasteiger partial charge is 0.179 e. The van der Waals surface area contributed by atoms with Gasteiger partial charge in [0.05, 0.1) is 12.6 Å². The number of rotatable bonds is 8. The van der Waals surface area contributed by atoms with E-state index >= 15 is 0 Å². The molecule has 0 heterocycles. The molecule has 21 heavy (non-hydrogen) atoms. The molecular formula is C17H25NO3. The van der Waals surface area contributed by atoms with E-state index in [-0.39, 0.29) is 18.4 Å². The number of carbonyl (C=O) groups is 1. The largest absolute Gasteiger partial charge is 0.489 e. The van der Waals surface area contributed by atoms with Crippen LogP contribution in [-0.4, -0.2) is 35.7 Å². The number of benzene rings is 1. The van der Waals surface area contributed by atoms with E-state index < -0.39 is 5.54 Å². The second-order valence-electron chi connectivity index (χ2n) is 6.04. The highest BCUT2D eigenvalue weighted by molar-refractivity contribution is 6.00. The fourth-order valence-electron chi connectivity index (χ4n) is 1.87. The molecule has 0 fully saturated rings. The van der Waals surface area contributed by atoms with E-state index in [1.807, 2.05) is 20.8 Å². The Morgan fingerprint density at radius 1 is 1.38 bits per heavy atom. The van der Waals surface area contributed by atoms with Crippen LogP contribution in [0.1, 0.15) is 38.1 Å². The summed E-state index contributed by atoms with van der Waals surface area (Å²) in [6.07, 6.45) is 0. The molecule has 1 atom stereocenters. The average molecular weight is 291 g/mol. The average Bonchev–Trinajstić information content (AvgIpc) is 2.44. The first-order valence-electron chi connectivity index (χ1n) is 7.05. The van der Waals surface area contributed by atoms with Crippen molar-refractivity contribution in [1.82, 2.24) is 5.32 Å². The SMILES string of the molecule is C=C(C)COc1ccc(C(=O)C(C)NC(C)(C)CO)cc1. The van der Waals surface area contributed by atoms with Crippen molar-refractivity contribution >= 4 is 5.78 Å². The summed E-state index contributed by atoms with van der Waals surface area (Å²) in [5.74, 6) is 0.703. The molecule has 4 heteroatoms. The van der Waals surface area contributed by atoms with Gasteiger partial charge in [0.1, 0.15) is 12.4 Å². The minimum atomic E-state index is -0.486. The van der Waals surface area contributed by atoms with Gasteiger partial charge in [0.25, 0.3) is 0 Å². The number of carbonyl (C=O) groups excluding carboxylic acids is 1. The highest BCUT2D eigenvalue weighted by Gasteiger charge is 2.23. The van der Waals surface area contributed by atoms with Crippen LogP contribution in [0.5, 0.6) is 5.75 Å². The van der Waals surface area contributed by atoms with Crippen molar-refractivity contribution in [2.75, 3.05) is 13.2 Å². The Kier molecular flexibility index (Phi) is 6.12. The van der Waals surface area contributed by atoms with Crippen molar-refractivity contribution in [3.8, 4) is 5.75 Å². The van der Waals surface area contributed by atoms with E-state index in [0.29, 0.717) is 17.9 Å². The lowest BCUT2D eigenvalue weighted by Crippen LogP contribution is -2.50. The Hall–Kier alpha value is -1.65.